The van der Waals surface area contributed by atoms with Gasteiger partial charge in [0.1, 0.15) is 5.76 Å². The van der Waals surface area contributed by atoms with E-state index in [4.69, 9.17) is 4.52 Å². The topological polar surface area (TPSA) is 43.1 Å². The molecule has 0 radical (unpaired) electrons. The summed E-state index contributed by atoms with van der Waals surface area (Å²) in [5, 5.41) is 4.06. The molecule has 3 nitrogen and oxygen atoms in total. The van der Waals surface area contributed by atoms with Crippen molar-refractivity contribution in [3.63, 3.8) is 0 Å². The average Bonchev–Trinajstić information content (AvgIpc) is 2.56. The fourth-order valence-corrected chi connectivity index (χ4v) is 2.35. The molecule has 0 spiro atoms. The summed E-state index contributed by atoms with van der Waals surface area (Å²) in [4.78, 5) is 12.0. The van der Waals surface area contributed by atoms with Gasteiger partial charge in [-0.25, -0.2) is 0 Å². The van der Waals surface area contributed by atoms with E-state index in [0.717, 1.165) is 42.7 Å². The predicted molar refractivity (Wildman–Crippen MR) is 61.5 cm³/mol. The van der Waals surface area contributed by atoms with Crippen LogP contribution in [-0.2, 0) is 12.8 Å². The molecule has 1 aromatic heterocycles. The van der Waals surface area contributed by atoms with E-state index in [1.165, 1.54) is 0 Å². The van der Waals surface area contributed by atoms with E-state index < -0.39 is 0 Å². The Bertz CT molecular complexity index is 404. The molecule has 0 unspecified atom stereocenters. The summed E-state index contributed by atoms with van der Waals surface area (Å²) in [5.74, 6) is 1.01. The number of hydrogen-bond acceptors (Lipinski definition) is 3. The Hall–Kier alpha value is -1.12. The summed E-state index contributed by atoms with van der Waals surface area (Å²) in [6.45, 7) is 6.34. The highest BCUT2D eigenvalue weighted by Crippen LogP contribution is 2.35. The molecule has 0 aromatic carbocycles. The fraction of sp³-hybridized carbons (Fsp3) is 0.692. The monoisotopic (exact) mass is 221 g/mol. The lowest BCUT2D eigenvalue weighted by atomic mass is 9.75. The summed E-state index contributed by atoms with van der Waals surface area (Å²) < 4.78 is 5.31. The van der Waals surface area contributed by atoms with Crippen LogP contribution in [-0.4, -0.2) is 10.9 Å². The van der Waals surface area contributed by atoms with Crippen LogP contribution < -0.4 is 0 Å². The van der Waals surface area contributed by atoms with Crippen molar-refractivity contribution in [3.8, 4) is 0 Å². The number of carbonyl (C=O) groups is 1. The maximum atomic E-state index is 12.0. The van der Waals surface area contributed by atoms with Gasteiger partial charge < -0.3 is 4.52 Å². The molecule has 2 rings (SSSR count). The van der Waals surface area contributed by atoms with Crippen LogP contribution >= 0.6 is 0 Å². The van der Waals surface area contributed by atoms with E-state index in [0.29, 0.717) is 6.42 Å². The quantitative estimate of drug-likeness (QED) is 0.787. The van der Waals surface area contributed by atoms with E-state index in [2.05, 4.69) is 25.9 Å². The molecule has 0 saturated heterocycles. The van der Waals surface area contributed by atoms with E-state index in [-0.39, 0.29) is 11.2 Å². The zero-order valence-corrected chi connectivity index (χ0v) is 10.3. The van der Waals surface area contributed by atoms with Crippen molar-refractivity contribution < 1.29 is 9.32 Å². The van der Waals surface area contributed by atoms with E-state index in [9.17, 15) is 4.79 Å². The fourth-order valence-electron chi connectivity index (χ4n) is 2.35. The Kier molecular flexibility index (Phi) is 2.87. The first-order chi connectivity index (χ1) is 7.53. The lowest BCUT2D eigenvalue weighted by Gasteiger charge is -2.26. The number of nitrogens with zero attached hydrogens (tertiary/aromatic N) is 1. The number of Topliss-reactive ketones (excluding diaryl/α,β-unsaturated/α-hetero) is 1. The first-order valence-electron chi connectivity index (χ1n) is 6.04. The molecule has 0 amide bonds. The molecule has 0 N–H and O–H groups in total. The summed E-state index contributed by atoms with van der Waals surface area (Å²) in [6, 6.07) is 0. The highest BCUT2D eigenvalue weighted by molar-refractivity contribution is 5.99. The van der Waals surface area contributed by atoms with Gasteiger partial charge in [0.15, 0.2) is 5.78 Å². The smallest absolute Gasteiger partial charge is 0.168 e. The van der Waals surface area contributed by atoms with E-state index in [1.54, 1.807) is 0 Å². The van der Waals surface area contributed by atoms with Gasteiger partial charge >= 0.3 is 0 Å². The third-order valence-electron chi connectivity index (χ3n) is 3.15. The van der Waals surface area contributed by atoms with Crippen molar-refractivity contribution >= 4 is 5.78 Å². The molecule has 16 heavy (non-hydrogen) atoms. The molecule has 3 heteroatoms. The molecule has 1 aliphatic carbocycles. The second-order valence-corrected chi connectivity index (χ2v) is 5.47. The van der Waals surface area contributed by atoms with Gasteiger partial charge in [-0.15, -0.1) is 0 Å². The minimum atomic E-state index is 0.0307. The number of fused-ring (bicyclic) bond motifs is 1. The van der Waals surface area contributed by atoms with Gasteiger partial charge in [-0.05, 0) is 18.3 Å². The van der Waals surface area contributed by atoms with Crippen LogP contribution in [0.4, 0.5) is 0 Å². The predicted octanol–water partition coefficient (Wildman–Crippen LogP) is 3.17. The van der Waals surface area contributed by atoms with Crippen molar-refractivity contribution in [2.75, 3.05) is 0 Å². The van der Waals surface area contributed by atoms with E-state index in [1.807, 2.05) is 0 Å². The zero-order valence-electron chi connectivity index (χ0n) is 10.3. The van der Waals surface area contributed by atoms with Gasteiger partial charge in [0, 0.05) is 12.8 Å². The van der Waals surface area contributed by atoms with Crippen LogP contribution in [0.25, 0.3) is 0 Å². The third-order valence-corrected chi connectivity index (χ3v) is 3.15. The minimum absolute atomic E-state index is 0.0307. The largest absolute Gasteiger partial charge is 0.360 e. The maximum absolute atomic E-state index is 12.0. The van der Waals surface area contributed by atoms with Crippen LogP contribution in [0.5, 0.6) is 0 Å². The Morgan fingerprint density at radius 3 is 2.81 bits per heavy atom. The average molecular weight is 221 g/mol. The molecule has 0 aliphatic heterocycles. The molecule has 88 valence electrons. The lowest BCUT2D eigenvalue weighted by Crippen LogP contribution is -2.27. The highest BCUT2D eigenvalue weighted by atomic mass is 16.5. The standard InChI is InChI=1S/C13H19NO2/c1-4-5-6-11-12-9(14-16-11)7-13(2,3)8-10(12)15/h4-8H2,1-3H3. The Morgan fingerprint density at radius 2 is 2.12 bits per heavy atom. The van der Waals surface area contributed by atoms with Crippen LogP contribution in [0.1, 0.15) is 61.8 Å². The molecule has 0 fully saturated rings. The van der Waals surface area contributed by atoms with Crippen LogP contribution in [0.3, 0.4) is 0 Å². The number of carbonyl (C=O) groups excluding carboxylic acids is 1. The summed E-state index contributed by atoms with van der Waals surface area (Å²) in [7, 11) is 0. The normalized spacial score (nSPS) is 18.6. The van der Waals surface area contributed by atoms with Gasteiger partial charge in [-0.2, -0.15) is 0 Å². The van der Waals surface area contributed by atoms with Gasteiger partial charge in [0.25, 0.3) is 0 Å². The molecular formula is C13H19NO2. The molecule has 0 atom stereocenters. The molecular weight excluding hydrogens is 202 g/mol. The second-order valence-electron chi connectivity index (χ2n) is 5.47. The summed E-state index contributed by atoms with van der Waals surface area (Å²) in [6.07, 6.45) is 4.46. The SMILES string of the molecule is CCCCc1onc2c1C(=O)CC(C)(C)C2. The molecule has 1 heterocycles. The molecule has 1 aromatic rings. The summed E-state index contributed by atoms with van der Waals surface area (Å²) >= 11 is 0. The first kappa shape index (κ1) is 11.4. The van der Waals surface area contributed by atoms with Crippen LogP contribution in [0, 0.1) is 5.41 Å². The van der Waals surface area contributed by atoms with Crippen molar-refractivity contribution in [2.45, 2.75) is 52.9 Å². The number of aromatic nitrogens is 1. The van der Waals surface area contributed by atoms with Crippen LogP contribution in [0.2, 0.25) is 0 Å². The number of unbranched alkanes of at least 4 members (excludes halogenated alkanes) is 1. The molecule has 0 saturated carbocycles. The number of rotatable bonds is 3. The van der Waals surface area contributed by atoms with Crippen molar-refractivity contribution in [1.82, 2.24) is 5.16 Å². The Morgan fingerprint density at radius 1 is 1.38 bits per heavy atom. The Balaban J connectivity index is 2.29. The van der Waals surface area contributed by atoms with E-state index >= 15 is 0 Å². The Labute approximate surface area is 96.2 Å². The van der Waals surface area contributed by atoms with Gasteiger partial charge in [0.05, 0.1) is 11.3 Å². The third kappa shape index (κ3) is 2.04. The van der Waals surface area contributed by atoms with Crippen molar-refractivity contribution in [3.05, 3.63) is 17.0 Å². The zero-order chi connectivity index (χ0) is 11.8. The van der Waals surface area contributed by atoms with Crippen LogP contribution in [0.15, 0.2) is 4.52 Å². The minimum Gasteiger partial charge on any atom is -0.360 e. The number of hydrogen-bond donors (Lipinski definition) is 0. The molecule has 1 aliphatic rings. The first-order valence-corrected chi connectivity index (χ1v) is 6.04. The van der Waals surface area contributed by atoms with Gasteiger partial charge in [0.2, 0.25) is 0 Å². The van der Waals surface area contributed by atoms with Crippen molar-refractivity contribution in [1.29, 1.82) is 0 Å². The number of ketones is 1. The lowest BCUT2D eigenvalue weighted by molar-refractivity contribution is 0.0910. The maximum Gasteiger partial charge on any atom is 0.168 e. The highest BCUT2D eigenvalue weighted by Gasteiger charge is 2.35. The molecule has 0 bridgehead atoms. The second kappa shape index (κ2) is 4.04. The van der Waals surface area contributed by atoms with Gasteiger partial charge in [-0.1, -0.05) is 32.3 Å². The summed E-state index contributed by atoms with van der Waals surface area (Å²) in [5.41, 5.74) is 1.68. The van der Waals surface area contributed by atoms with Crippen molar-refractivity contribution in [2.24, 2.45) is 5.41 Å². The number of aryl methyl sites for hydroxylation is 1. The van der Waals surface area contributed by atoms with Gasteiger partial charge in [-0.3, -0.25) is 4.79 Å².